The van der Waals surface area contributed by atoms with Gasteiger partial charge in [0, 0.05) is 58.7 Å². The van der Waals surface area contributed by atoms with E-state index in [4.69, 9.17) is 23.1 Å². The van der Waals surface area contributed by atoms with Crippen LogP contribution in [0.2, 0.25) is 0 Å². The zero-order chi connectivity index (χ0) is 58.8. The fraction of sp³-hybridized carbons (Fsp3) is 0.484. The zero-order valence-corrected chi connectivity index (χ0v) is 45.8. The predicted molar refractivity (Wildman–Crippen MR) is 287 cm³/mol. The number of aryl methyl sites for hydroxylation is 2. The number of hydrogen-bond acceptors (Lipinski definition) is 4. The largest absolute Gasteiger partial charge is 0.486 e. The van der Waals surface area contributed by atoms with E-state index in [2.05, 4.69) is 83.6 Å². The number of aromatic nitrogens is 3. The molecular formula is C64H79IrN3O-2. The Balaban J connectivity index is 0.000000232. The normalized spacial score (nSPS) is 23.4. The third-order valence-electron chi connectivity index (χ3n) is 13.5. The second-order valence-corrected chi connectivity index (χ2v) is 24.9. The number of benzene rings is 3. The molecule has 3 aromatic carbocycles. The van der Waals surface area contributed by atoms with Crippen molar-refractivity contribution in [1.29, 1.82) is 0 Å². The molecule has 4 aromatic heterocycles. The maximum Gasteiger partial charge on any atom is 0.216 e. The fourth-order valence-electron chi connectivity index (χ4n) is 13.2. The summed E-state index contributed by atoms with van der Waals surface area (Å²) in [4.78, 5) is 13.6. The second kappa shape index (κ2) is 19.0. The Morgan fingerprint density at radius 2 is 1.38 bits per heavy atom. The monoisotopic (exact) mass is 1110 g/mol. The molecule has 0 saturated heterocycles. The number of rotatable bonds is 6. The molecule has 1 radical (unpaired) electrons. The molecule has 0 amide bonds. The van der Waals surface area contributed by atoms with Crippen LogP contribution in [0.5, 0.6) is 0 Å². The van der Waals surface area contributed by atoms with Gasteiger partial charge < -0.3 is 14.4 Å². The summed E-state index contributed by atoms with van der Waals surface area (Å²) in [6.07, 6.45) is 5.18. The van der Waals surface area contributed by atoms with Gasteiger partial charge in [-0.1, -0.05) is 163 Å². The third-order valence-corrected chi connectivity index (χ3v) is 13.5. The Hall–Kier alpha value is -4.44. The van der Waals surface area contributed by atoms with Crippen LogP contribution in [0, 0.1) is 63.7 Å². The first-order chi connectivity index (χ1) is 36.0. The zero-order valence-electron chi connectivity index (χ0n) is 54.4. The Bertz CT molecular complexity index is 3380. The summed E-state index contributed by atoms with van der Waals surface area (Å²) < 4.78 is 99.4. The molecule has 4 heterocycles. The molecule has 0 unspecified atom stereocenters. The van der Waals surface area contributed by atoms with Crippen molar-refractivity contribution in [3.63, 3.8) is 0 Å². The maximum atomic E-state index is 10.3. The topological polar surface area (TPSA) is 51.8 Å². The van der Waals surface area contributed by atoms with Crippen molar-refractivity contribution < 1.29 is 39.6 Å². The van der Waals surface area contributed by atoms with Crippen molar-refractivity contribution in [2.75, 3.05) is 0 Å². The standard InChI is InChI=1S/C36H45N2O.C28H34N.Ir/c1-23-13-14-26-25-11-10-12-27(29(25)39-31(26)38-23)28-17-24(15-16-37-28)30-34(6,7)21-36(22-35(30,8)9)19-32(2,3)18-33(4,5)20-36;1-20-13-14-22(15-25(20)21-11-9-8-10-12-21)26-16-23(17-27(2,3)4)24(19-29-26)18-28(5,6)7;/h10-11,13-17,30H,18-22H2,1-9H3;8-13,15-16,19H,17-18H2,1-7H3;/q2*-1;/i1D3,30D;1D3,17D2,18D2;. The van der Waals surface area contributed by atoms with Crippen LogP contribution in [0.3, 0.4) is 0 Å². The molecule has 2 saturated carbocycles. The van der Waals surface area contributed by atoms with E-state index in [-0.39, 0.29) is 75.3 Å². The van der Waals surface area contributed by atoms with Crippen LogP contribution < -0.4 is 0 Å². The van der Waals surface area contributed by atoms with Gasteiger partial charge in [-0.25, -0.2) is 4.98 Å². The predicted octanol–water partition coefficient (Wildman–Crippen LogP) is 18.0. The molecule has 0 N–H and O–H groups in total. The van der Waals surface area contributed by atoms with Gasteiger partial charge in [-0.2, -0.15) is 0 Å². The summed E-state index contributed by atoms with van der Waals surface area (Å²) in [6.45, 7) is 25.0. The molecule has 9 rings (SSSR count). The first-order valence-electron chi connectivity index (χ1n) is 29.8. The maximum absolute atomic E-state index is 10.3. The van der Waals surface area contributed by atoms with E-state index in [1.807, 2.05) is 54.7 Å². The van der Waals surface area contributed by atoms with E-state index in [0.717, 1.165) is 34.7 Å². The van der Waals surface area contributed by atoms with Crippen LogP contribution in [-0.4, -0.2) is 15.0 Å². The average Bonchev–Trinajstić information content (AvgIpc) is 3.69. The molecule has 4 nitrogen and oxygen atoms in total. The SMILES string of the molecule is [2H]C([2H])([2H])c1c[c-]c(-c2cc(C([2H])([2H])C(C)(C)C)c(C([2H])([2H])C(C)(C)C)cn2)cc1-c1ccccc1.[2H]C([2H])([2H])c1ccc2c(n1)oc1c(-c3cc(C4([2H])C(C)(C)CC5(CC(C)(C)CC(C)(C)C5)CC4(C)C)ccn3)[c-]ccc12.[Ir]. The summed E-state index contributed by atoms with van der Waals surface area (Å²) in [5.74, 6) is -0.855. The Labute approximate surface area is 445 Å². The summed E-state index contributed by atoms with van der Waals surface area (Å²) in [7, 11) is 0. The van der Waals surface area contributed by atoms with Crippen LogP contribution >= 0.6 is 0 Å². The minimum Gasteiger partial charge on any atom is -0.486 e. The van der Waals surface area contributed by atoms with Crippen molar-refractivity contribution >= 4 is 22.1 Å². The summed E-state index contributed by atoms with van der Waals surface area (Å²) >= 11 is 0. The van der Waals surface area contributed by atoms with Crippen LogP contribution in [0.4, 0.5) is 0 Å². The summed E-state index contributed by atoms with van der Waals surface area (Å²) in [5.41, 5.74) is 4.56. The molecule has 2 fully saturated rings. The van der Waals surface area contributed by atoms with Gasteiger partial charge in [-0.05, 0) is 147 Å². The molecule has 2 aliphatic rings. The third kappa shape index (κ3) is 11.9. The molecule has 2 aliphatic carbocycles. The summed E-state index contributed by atoms with van der Waals surface area (Å²) in [5, 5.41) is 1.59. The number of fused-ring (bicyclic) bond motifs is 3. The van der Waals surface area contributed by atoms with Gasteiger partial charge >= 0.3 is 0 Å². The first kappa shape index (κ1) is 39.2. The van der Waals surface area contributed by atoms with Gasteiger partial charge in [0.2, 0.25) is 5.71 Å². The molecule has 5 heteroatoms. The smallest absolute Gasteiger partial charge is 0.216 e. The van der Waals surface area contributed by atoms with Crippen molar-refractivity contribution in [2.24, 2.45) is 37.9 Å². The van der Waals surface area contributed by atoms with E-state index >= 15 is 0 Å². The average molecular weight is 1110 g/mol. The number of hydrogen-bond donors (Lipinski definition) is 0. The first-order valence-corrected chi connectivity index (χ1v) is 24.3. The Morgan fingerprint density at radius 3 is 2.01 bits per heavy atom. The van der Waals surface area contributed by atoms with Gasteiger partial charge in [0.25, 0.3) is 0 Å². The van der Waals surface area contributed by atoms with Gasteiger partial charge in [0.05, 0.1) is 5.58 Å². The molecule has 0 atom stereocenters. The van der Waals surface area contributed by atoms with Crippen molar-refractivity contribution in [1.82, 2.24) is 15.0 Å². The molecular weight excluding hydrogens is 1020 g/mol. The number of pyridine rings is 3. The van der Waals surface area contributed by atoms with Crippen LogP contribution in [0.15, 0.2) is 102 Å². The Morgan fingerprint density at radius 1 is 0.710 bits per heavy atom. The second-order valence-electron chi connectivity index (χ2n) is 24.9. The Kier molecular flexibility index (Phi) is 10.8. The number of furan rings is 1. The quantitative estimate of drug-likeness (QED) is 0.156. The van der Waals surface area contributed by atoms with E-state index in [0.29, 0.717) is 33.7 Å². The molecule has 0 bridgehead atoms. The number of nitrogens with zero attached hydrogens (tertiary/aromatic N) is 3. The fourth-order valence-corrected chi connectivity index (χ4v) is 13.2. The minimum atomic E-state index is -2.34. The van der Waals surface area contributed by atoms with E-state index in [1.54, 1.807) is 59.7 Å². The van der Waals surface area contributed by atoms with Gasteiger partial charge in [-0.3, -0.25) is 0 Å². The summed E-state index contributed by atoms with van der Waals surface area (Å²) in [6, 6.07) is 31.5. The van der Waals surface area contributed by atoms with Crippen LogP contribution in [-0.2, 0) is 32.9 Å². The van der Waals surface area contributed by atoms with Crippen LogP contribution in [0.1, 0.15) is 178 Å². The van der Waals surface area contributed by atoms with E-state index in [9.17, 15) is 1.37 Å². The molecule has 367 valence electrons. The minimum absolute atomic E-state index is 0. The molecule has 0 aliphatic heterocycles. The van der Waals surface area contributed by atoms with Gasteiger partial charge in [0.15, 0.2) is 0 Å². The molecule has 7 aromatic rings. The van der Waals surface area contributed by atoms with Crippen molar-refractivity contribution in [2.45, 2.75) is 161 Å². The van der Waals surface area contributed by atoms with Gasteiger partial charge in [-0.15, -0.1) is 47.5 Å². The molecule has 69 heavy (non-hydrogen) atoms. The van der Waals surface area contributed by atoms with Crippen LogP contribution in [0.25, 0.3) is 55.7 Å². The van der Waals surface area contributed by atoms with E-state index in [1.165, 1.54) is 37.6 Å². The van der Waals surface area contributed by atoms with Crippen molar-refractivity contribution in [3.8, 4) is 33.6 Å². The van der Waals surface area contributed by atoms with E-state index < -0.39 is 43.2 Å². The van der Waals surface area contributed by atoms with Gasteiger partial charge in [0.1, 0.15) is 0 Å². The van der Waals surface area contributed by atoms with Crippen molar-refractivity contribution in [3.05, 3.63) is 137 Å². The molecule has 1 spiro atoms.